The molecule has 0 unspecified atom stereocenters. The molecule has 3 aromatic heterocycles. The van der Waals surface area contributed by atoms with Crippen molar-refractivity contribution in [3.05, 3.63) is 73.8 Å². The molecule has 5 heterocycles. The van der Waals surface area contributed by atoms with Crippen LogP contribution in [0.15, 0.2) is 23.2 Å². The van der Waals surface area contributed by atoms with Crippen LogP contribution in [0.4, 0.5) is 0 Å². The van der Waals surface area contributed by atoms with Crippen LogP contribution < -0.4 is 0 Å². The molecule has 5 rings (SSSR count). The Morgan fingerprint density at radius 1 is 0.628 bits per heavy atom. The van der Waals surface area contributed by atoms with Gasteiger partial charge in [0.05, 0.1) is 22.6 Å². The van der Waals surface area contributed by atoms with Crippen molar-refractivity contribution in [2.24, 2.45) is 0 Å². The number of hydrogen-bond acceptors (Lipinski definition) is 2. The van der Waals surface area contributed by atoms with Crippen LogP contribution in [0, 0.1) is 0 Å². The van der Waals surface area contributed by atoms with E-state index >= 15 is 0 Å². The minimum Gasteiger partial charge on any atom is -0.355 e. The number of hydrogen-bond donors (Lipinski definition) is 2. The molecule has 2 aliphatic rings. The molecule has 228 valence electrons. The van der Waals surface area contributed by atoms with E-state index in [9.17, 15) is 0 Å². The Bertz CT molecular complexity index is 1730. The first-order valence-electron chi connectivity index (χ1n) is 16.7. The molecule has 0 saturated heterocycles. The maximum atomic E-state index is 5.51. The molecule has 2 aliphatic heterocycles. The molecule has 0 amide bonds. The van der Waals surface area contributed by atoms with Gasteiger partial charge in [-0.05, 0) is 114 Å². The van der Waals surface area contributed by atoms with Crippen molar-refractivity contribution in [1.29, 1.82) is 0 Å². The lowest BCUT2D eigenvalue weighted by Crippen LogP contribution is -2.05. The molecule has 0 fully saturated rings. The molecule has 0 aromatic carbocycles. The lowest BCUT2D eigenvalue weighted by molar-refractivity contribution is 0.532. The molecule has 0 aliphatic carbocycles. The van der Waals surface area contributed by atoms with Crippen LogP contribution in [0.25, 0.3) is 39.3 Å². The maximum Gasteiger partial charge on any atom is 0.0693 e. The van der Waals surface area contributed by atoms with Crippen LogP contribution in [-0.2, 0) is 25.7 Å². The van der Waals surface area contributed by atoms with Crippen molar-refractivity contribution < 1.29 is 0 Å². The molecule has 4 nitrogen and oxygen atoms in total. The van der Waals surface area contributed by atoms with E-state index in [4.69, 9.17) is 9.97 Å². The Labute approximate surface area is 266 Å². The van der Waals surface area contributed by atoms with E-state index in [0.717, 1.165) is 62.8 Å². The first-order valence-corrected chi connectivity index (χ1v) is 17.6. The minimum absolute atomic E-state index is 0.366. The standard InChI is InChI=1S/C38H49BrN4/c1-9-22-24(11-3)33-20-35-26(13-5)28(15-7)37(42-35)30(17-18-39)38-29(16-8)27(14-6)36(43-38)21-34-25(12-4)23(10-2)32(41-34)19-31(22)40-33/h17-21,26,28,40,43H,9-16H2,1-8H3/b18-17+,31-19?,32-19?,33-20?,34-21?,35-20?,36-21?,37-30?,38-30?/t26-,28-/m0/s1. The molecule has 5 heteroatoms. The van der Waals surface area contributed by atoms with E-state index in [1.807, 2.05) is 4.99 Å². The highest BCUT2D eigenvalue weighted by molar-refractivity contribution is 9.11. The fraction of sp³-hybridized carbons (Fsp3) is 0.474. The number of allylic oxidation sites excluding steroid dienone is 2. The minimum atomic E-state index is 0.366. The number of nitrogens with one attached hydrogen (secondary N) is 2. The Kier molecular flexibility index (Phi) is 9.80. The van der Waals surface area contributed by atoms with Gasteiger partial charge in [0.15, 0.2) is 0 Å². The number of aromatic nitrogens is 4. The summed E-state index contributed by atoms with van der Waals surface area (Å²) in [5.74, 6) is 0.750. The maximum absolute atomic E-state index is 5.51. The van der Waals surface area contributed by atoms with Crippen LogP contribution in [-0.4, -0.2) is 19.9 Å². The summed E-state index contributed by atoms with van der Waals surface area (Å²) >= 11 is 3.64. The number of rotatable bonds is 9. The Hall–Kier alpha value is -2.92. The summed E-state index contributed by atoms with van der Waals surface area (Å²) in [6.45, 7) is 18.3. The van der Waals surface area contributed by atoms with Gasteiger partial charge in [-0.25, -0.2) is 4.98 Å². The van der Waals surface area contributed by atoms with Gasteiger partial charge in [-0.2, -0.15) is 0 Å². The topological polar surface area (TPSA) is 57.4 Å². The molecule has 0 saturated carbocycles. The van der Waals surface area contributed by atoms with Gasteiger partial charge in [0.25, 0.3) is 0 Å². The highest BCUT2D eigenvalue weighted by atomic mass is 79.9. The zero-order valence-electron chi connectivity index (χ0n) is 27.5. The van der Waals surface area contributed by atoms with Crippen LogP contribution >= 0.6 is 15.9 Å². The summed E-state index contributed by atoms with van der Waals surface area (Å²) in [6.07, 6.45) is 10.2. The molecular weight excluding hydrogens is 592 g/mol. The van der Waals surface area contributed by atoms with Crippen LogP contribution in [0.2, 0.25) is 0 Å². The van der Waals surface area contributed by atoms with Crippen LogP contribution in [0.1, 0.15) is 144 Å². The van der Waals surface area contributed by atoms with E-state index in [1.54, 1.807) is 0 Å². The summed E-state index contributed by atoms with van der Waals surface area (Å²) in [6, 6.07) is 7.01. The Balaban J connectivity index is 2.08. The predicted molar refractivity (Wildman–Crippen MR) is 190 cm³/mol. The van der Waals surface area contributed by atoms with E-state index in [-0.39, 0.29) is 0 Å². The van der Waals surface area contributed by atoms with Gasteiger partial charge >= 0.3 is 0 Å². The van der Waals surface area contributed by atoms with Gasteiger partial charge in [0, 0.05) is 39.6 Å². The fourth-order valence-corrected chi connectivity index (χ4v) is 8.14. The molecule has 8 bridgehead atoms. The van der Waals surface area contributed by atoms with Crippen LogP contribution in [0.3, 0.4) is 0 Å². The molecule has 43 heavy (non-hydrogen) atoms. The van der Waals surface area contributed by atoms with E-state index in [0.29, 0.717) is 11.8 Å². The zero-order chi connectivity index (χ0) is 30.8. The summed E-state index contributed by atoms with van der Waals surface area (Å²) < 4.78 is 0. The highest BCUT2D eigenvalue weighted by Crippen LogP contribution is 2.44. The van der Waals surface area contributed by atoms with Gasteiger partial charge < -0.3 is 9.97 Å². The summed E-state index contributed by atoms with van der Waals surface area (Å²) in [7, 11) is 0. The van der Waals surface area contributed by atoms with Gasteiger partial charge in [0.2, 0.25) is 0 Å². The molecule has 2 N–H and O–H groups in total. The normalized spacial score (nSPS) is 17.0. The van der Waals surface area contributed by atoms with Gasteiger partial charge in [0.1, 0.15) is 0 Å². The van der Waals surface area contributed by atoms with E-state index in [1.165, 1.54) is 72.4 Å². The molecule has 0 spiro atoms. The predicted octanol–water partition coefficient (Wildman–Crippen LogP) is 11.3. The number of H-pyrrole nitrogens is 2. The lowest BCUT2D eigenvalue weighted by atomic mass is 9.84. The highest BCUT2D eigenvalue weighted by Gasteiger charge is 2.32. The number of fused-ring (bicyclic) bond motifs is 8. The van der Waals surface area contributed by atoms with Gasteiger partial charge in [-0.1, -0.05) is 71.3 Å². The first kappa shape index (κ1) is 31.5. The third kappa shape index (κ3) is 5.36. The summed E-state index contributed by atoms with van der Waals surface area (Å²) in [5.41, 5.74) is 18.9. The number of aryl methyl sites for hydroxylation is 4. The summed E-state index contributed by atoms with van der Waals surface area (Å²) in [4.78, 5) is 20.7. The van der Waals surface area contributed by atoms with Gasteiger partial charge in [-0.3, -0.25) is 4.98 Å². The summed E-state index contributed by atoms with van der Waals surface area (Å²) in [5, 5.41) is 0. The molecule has 3 aromatic rings. The van der Waals surface area contributed by atoms with Crippen molar-refractivity contribution in [2.45, 2.75) is 119 Å². The number of halogens is 1. The van der Waals surface area contributed by atoms with Crippen molar-refractivity contribution >= 4 is 55.2 Å². The Morgan fingerprint density at radius 3 is 1.63 bits per heavy atom. The number of nitrogens with zero attached hydrogens (tertiary/aromatic N) is 2. The van der Waals surface area contributed by atoms with E-state index < -0.39 is 0 Å². The van der Waals surface area contributed by atoms with Crippen molar-refractivity contribution in [3.8, 4) is 0 Å². The molecule has 0 radical (unpaired) electrons. The van der Waals surface area contributed by atoms with Gasteiger partial charge in [-0.15, -0.1) is 0 Å². The SMILES string of the molecule is CCC1=C(CC)c2cc3[nH]c(c(/C=C/Br)c4nc(cc5[nH]c(cc1n2)c(CC)c5CC)[C@@H](CC)[C@@H]4CC)c(CC)c3CC. The first-order chi connectivity index (χ1) is 20.9. The average molecular weight is 642 g/mol. The zero-order valence-corrected chi connectivity index (χ0v) is 29.1. The second-order valence-corrected chi connectivity index (χ2v) is 12.4. The molecule has 2 atom stereocenters. The second-order valence-electron chi connectivity index (χ2n) is 11.8. The molecular formula is C38H49BrN4. The average Bonchev–Trinajstić information content (AvgIpc) is 3.74. The number of aromatic amines is 2. The smallest absolute Gasteiger partial charge is 0.0693 e. The van der Waals surface area contributed by atoms with Crippen molar-refractivity contribution in [3.63, 3.8) is 0 Å². The van der Waals surface area contributed by atoms with Crippen molar-refractivity contribution in [2.75, 3.05) is 0 Å². The lowest BCUT2D eigenvalue weighted by Gasteiger charge is -2.18. The third-order valence-corrected chi connectivity index (χ3v) is 10.1. The van der Waals surface area contributed by atoms with Crippen molar-refractivity contribution in [1.82, 2.24) is 19.9 Å². The Morgan fingerprint density at radius 2 is 1.14 bits per heavy atom. The fourth-order valence-electron chi connectivity index (χ4n) is 7.88. The second kappa shape index (κ2) is 13.4. The third-order valence-electron chi connectivity index (χ3n) is 9.85. The van der Waals surface area contributed by atoms with Crippen LogP contribution in [0.5, 0.6) is 0 Å². The van der Waals surface area contributed by atoms with E-state index in [2.05, 4.69) is 106 Å². The quantitative estimate of drug-likeness (QED) is 0.244. The largest absolute Gasteiger partial charge is 0.355 e. The monoisotopic (exact) mass is 640 g/mol.